The van der Waals surface area contributed by atoms with Crippen LogP contribution in [0.3, 0.4) is 0 Å². The van der Waals surface area contributed by atoms with Crippen LogP contribution in [-0.4, -0.2) is 82.2 Å². The van der Waals surface area contributed by atoms with Gasteiger partial charge in [-0.1, -0.05) is 54.6 Å². The van der Waals surface area contributed by atoms with Gasteiger partial charge in [-0.05, 0) is 27.8 Å². The quantitative estimate of drug-likeness (QED) is 0.444. The zero-order valence-corrected chi connectivity index (χ0v) is 19.2. The second kappa shape index (κ2) is 9.58. The Morgan fingerprint density at radius 3 is 2.35 bits per heavy atom. The number of aliphatic hydroxyl groups excluding tert-OH is 4. The van der Waals surface area contributed by atoms with Crippen molar-refractivity contribution in [3.8, 4) is 0 Å². The molecular weight excluding hydrogens is 438 g/mol. The highest BCUT2D eigenvalue weighted by atomic mass is 16.6. The van der Waals surface area contributed by atoms with Crippen molar-refractivity contribution in [1.82, 2.24) is 0 Å². The van der Waals surface area contributed by atoms with Crippen molar-refractivity contribution in [2.75, 3.05) is 20.6 Å². The third-order valence-corrected chi connectivity index (χ3v) is 6.89. The maximum atomic E-state index is 11.4. The van der Waals surface area contributed by atoms with E-state index in [1.807, 2.05) is 48.5 Å². The lowest BCUT2D eigenvalue weighted by molar-refractivity contribution is -0.944. The minimum atomic E-state index is -1.77. The molecule has 1 fully saturated rings. The fraction of sp³-hybridized carbons (Fsp3) is 0.423. The lowest BCUT2D eigenvalue weighted by atomic mass is 9.93. The summed E-state index contributed by atoms with van der Waals surface area (Å²) in [4.78, 5) is 11.4. The van der Waals surface area contributed by atoms with Crippen LogP contribution in [0.25, 0.3) is 5.57 Å². The monoisotopic (exact) mass is 469 g/mol. The third-order valence-electron chi connectivity index (χ3n) is 6.89. The van der Waals surface area contributed by atoms with E-state index in [1.165, 1.54) is 0 Å². The number of carboxylic acids is 1. The Hall–Kier alpha value is -2.59. The number of hydrogen-bond donors (Lipinski definition) is 4. The molecule has 4 N–H and O–H groups in total. The summed E-state index contributed by atoms with van der Waals surface area (Å²) < 4.78 is 5.54. The zero-order chi connectivity index (χ0) is 24.6. The van der Waals surface area contributed by atoms with Crippen LogP contribution in [0.15, 0.2) is 54.6 Å². The lowest BCUT2D eigenvalue weighted by Crippen LogP contribution is -2.69. The van der Waals surface area contributed by atoms with E-state index in [0.29, 0.717) is 19.4 Å². The molecule has 4 rings (SSSR count). The highest BCUT2D eigenvalue weighted by molar-refractivity contribution is 5.84. The standard InChI is InChI=1S/C26H31NO7/c1-27(2,25-23(31)21(29)22(30)24(34-25)26(32)33)13-7-12-17-16-9-4-3-8-15(16)14-20(28)19-11-6-5-10-18(17)19/h3-6,8-12,20-25,28-31H,7,13-14H2,1-2H3/b17-12-/t20?,21-,22-,23+,24-,25+/m0/s1. The molecule has 0 radical (unpaired) electrons. The van der Waals surface area contributed by atoms with Crippen LogP contribution >= 0.6 is 0 Å². The number of hydrogen-bond acceptors (Lipinski definition) is 7. The van der Waals surface area contributed by atoms with E-state index >= 15 is 0 Å². The van der Waals surface area contributed by atoms with Crippen LogP contribution < -0.4 is 5.11 Å². The minimum absolute atomic E-state index is 0.0461. The van der Waals surface area contributed by atoms with E-state index < -0.39 is 42.7 Å². The van der Waals surface area contributed by atoms with E-state index in [1.54, 1.807) is 14.1 Å². The Bertz CT molecular complexity index is 1080. The topological polar surface area (TPSA) is 130 Å². The molecule has 0 saturated carbocycles. The van der Waals surface area contributed by atoms with Crippen molar-refractivity contribution >= 4 is 11.5 Å². The maximum Gasteiger partial charge on any atom is 0.222 e. The molecule has 0 spiro atoms. The number of aliphatic carboxylic acids is 1. The first-order valence-electron chi connectivity index (χ1n) is 11.4. The molecule has 182 valence electrons. The number of carbonyl (C=O) groups is 1. The first-order valence-corrected chi connectivity index (χ1v) is 11.4. The molecule has 0 aromatic heterocycles. The predicted molar refractivity (Wildman–Crippen MR) is 122 cm³/mol. The summed E-state index contributed by atoms with van der Waals surface area (Å²) in [7, 11) is 3.53. The van der Waals surface area contributed by atoms with Crippen LogP contribution in [0.2, 0.25) is 0 Å². The average molecular weight is 470 g/mol. The van der Waals surface area contributed by atoms with Gasteiger partial charge < -0.3 is 39.5 Å². The van der Waals surface area contributed by atoms with Crippen molar-refractivity contribution in [2.24, 2.45) is 0 Å². The maximum absolute atomic E-state index is 11.4. The molecule has 6 atom stereocenters. The second-order valence-electron chi connectivity index (χ2n) is 9.61. The van der Waals surface area contributed by atoms with Gasteiger partial charge in [-0.25, -0.2) is 0 Å². The molecule has 8 nitrogen and oxygen atoms in total. The van der Waals surface area contributed by atoms with E-state index in [2.05, 4.69) is 6.08 Å². The summed E-state index contributed by atoms with van der Waals surface area (Å²) in [5, 5.41) is 52.8. The number of rotatable bonds is 5. The van der Waals surface area contributed by atoms with Crippen LogP contribution in [0.4, 0.5) is 0 Å². The Morgan fingerprint density at radius 1 is 1.00 bits per heavy atom. The SMILES string of the molecule is C[N+](C)(CC/C=C1/c2ccccc2CC(O)c2ccccc21)[C@@H]1O[C@H](C(=O)[O-])[C@@H](O)[C@H](O)[C@H]1O. The summed E-state index contributed by atoms with van der Waals surface area (Å²) in [6.45, 7) is 0.445. The van der Waals surface area contributed by atoms with Gasteiger partial charge in [0, 0.05) is 12.8 Å². The van der Waals surface area contributed by atoms with E-state index in [9.17, 15) is 30.3 Å². The number of carboxylic acid groups (broad SMARTS) is 1. The zero-order valence-electron chi connectivity index (χ0n) is 19.2. The Morgan fingerprint density at radius 2 is 1.65 bits per heavy atom. The molecule has 1 aliphatic carbocycles. The van der Waals surface area contributed by atoms with Gasteiger partial charge in [0.2, 0.25) is 6.23 Å². The van der Waals surface area contributed by atoms with Gasteiger partial charge in [0.1, 0.15) is 18.3 Å². The number of nitrogens with zero attached hydrogens (tertiary/aromatic N) is 1. The Labute approximate surface area is 198 Å². The fourth-order valence-electron chi connectivity index (χ4n) is 4.98. The summed E-state index contributed by atoms with van der Waals surface area (Å²) in [5.74, 6) is -1.64. The second-order valence-corrected chi connectivity index (χ2v) is 9.61. The summed E-state index contributed by atoms with van der Waals surface area (Å²) in [5.41, 5.74) is 4.90. The van der Waals surface area contributed by atoms with E-state index in [-0.39, 0.29) is 4.48 Å². The first kappa shape index (κ1) is 24.5. The highest BCUT2D eigenvalue weighted by Gasteiger charge is 2.50. The fourth-order valence-corrected chi connectivity index (χ4v) is 4.98. The van der Waals surface area contributed by atoms with Gasteiger partial charge in [0.25, 0.3) is 0 Å². The number of aliphatic hydroxyl groups is 4. The molecule has 2 aliphatic rings. The van der Waals surface area contributed by atoms with Crippen LogP contribution in [0.5, 0.6) is 0 Å². The molecule has 34 heavy (non-hydrogen) atoms. The van der Waals surface area contributed by atoms with Gasteiger partial charge in [-0.2, -0.15) is 0 Å². The number of fused-ring (bicyclic) bond motifs is 2. The Balaban J connectivity index is 1.62. The van der Waals surface area contributed by atoms with Crippen LogP contribution in [0.1, 0.15) is 34.8 Å². The summed E-state index contributed by atoms with van der Waals surface area (Å²) in [6, 6.07) is 15.7. The molecule has 1 aliphatic heterocycles. The van der Waals surface area contributed by atoms with E-state index in [4.69, 9.17) is 4.74 Å². The van der Waals surface area contributed by atoms with Crippen molar-refractivity contribution in [3.05, 3.63) is 76.9 Å². The minimum Gasteiger partial charge on any atom is -0.547 e. The average Bonchev–Trinajstić information content (AvgIpc) is 2.92. The van der Waals surface area contributed by atoms with Crippen molar-refractivity contribution in [2.45, 2.75) is 49.6 Å². The summed E-state index contributed by atoms with van der Waals surface area (Å²) in [6.07, 6.45) is -5.20. The number of benzene rings is 2. The number of quaternary nitrogens is 1. The normalized spacial score (nSPS) is 30.4. The molecule has 0 amide bonds. The smallest absolute Gasteiger partial charge is 0.222 e. The Kier molecular flexibility index (Phi) is 6.91. The molecule has 1 heterocycles. The van der Waals surface area contributed by atoms with Crippen LogP contribution in [-0.2, 0) is 16.0 Å². The molecule has 8 heteroatoms. The molecule has 0 bridgehead atoms. The van der Waals surface area contributed by atoms with Crippen molar-refractivity contribution in [3.63, 3.8) is 0 Å². The summed E-state index contributed by atoms with van der Waals surface area (Å²) >= 11 is 0. The lowest BCUT2D eigenvalue weighted by Gasteiger charge is -2.47. The van der Waals surface area contributed by atoms with E-state index in [0.717, 1.165) is 27.8 Å². The number of carbonyl (C=O) groups excluding carboxylic acids is 1. The number of ether oxygens (including phenoxy) is 1. The third kappa shape index (κ3) is 4.53. The first-order chi connectivity index (χ1) is 16.1. The van der Waals surface area contributed by atoms with Crippen molar-refractivity contribution in [1.29, 1.82) is 0 Å². The molecular formula is C26H31NO7. The van der Waals surface area contributed by atoms with Gasteiger partial charge in [-0.15, -0.1) is 0 Å². The predicted octanol–water partition coefficient (Wildman–Crippen LogP) is -0.268. The van der Waals surface area contributed by atoms with Crippen molar-refractivity contribution < 1.29 is 39.5 Å². The highest BCUT2D eigenvalue weighted by Crippen LogP contribution is 2.38. The molecule has 2 aromatic carbocycles. The van der Waals surface area contributed by atoms with Gasteiger partial charge >= 0.3 is 0 Å². The number of likely N-dealkylation sites (N-methyl/N-ethyl adjacent to an activating group) is 1. The molecule has 2 aromatic rings. The van der Waals surface area contributed by atoms with Crippen LogP contribution in [0, 0.1) is 0 Å². The molecule has 1 unspecified atom stereocenters. The largest absolute Gasteiger partial charge is 0.547 e. The van der Waals surface area contributed by atoms with Gasteiger partial charge in [0.05, 0.1) is 32.7 Å². The van der Waals surface area contributed by atoms with Gasteiger partial charge in [-0.3, -0.25) is 0 Å². The van der Waals surface area contributed by atoms with Gasteiger partial charge in [0.15, 0.2) is 6.10 Å². The molecule has 1 saturated heterocycles.